The molecule has 0 atom stereocenters. The van der Waals surface area contributed by atoms with E-state index < -0.39 is 52.1 Å². The molecule has 0 saturated carbocycles. The summed E-state index contributed by atoms with van der Waals surface area (Å²) < 4.78 is 62.5. The molecule has 3 nitrogen and oxygen atoms in total. The Hall–Kier alpha value is -1.82. The van der Waals surface area contributed by atoms with Crippen LogP contribution in [0.25, 0.3) is 0 Å². The lowest BCUT2D eigenvalue weighted by Gasteiger charge is -2.12. The van der Waals surface area contributed by atoms with Crippen LogP contribution in [0.1, 0.15) is 23.1 Å². The summed E-state index contributed by atoms with van der Waals surface area (Å²) in [7, 11) is 0. The van der Waals surface area contributed by atoms with E-state index in [2.05, 4.69) is 0 Å². The topological polar surface area (TPSA) is 61.1 Å². The molecule has 0 aliphatic heterocycles. The highest BCUT2D eigenvalue weighted by atomic mass is 32.2. The number of carboxylic acids is 1. The molecule has 0 spiro atoms. The van der Waals surface area contributed by atoms with E-state index in [4.69, 9.17) is 10.4 Å². The molecule has 1 N–H and O–H groups in total. The second kappa shape index (κ2) is 6.09. The number of aliphatic carboxylic acids is 1. The van der Waals surface area contributed by atoms with E-state index in [1.54, 1.807) is 0 Å². The highest BCUT2D eigenvalue weighted by Crippen LogP contribution is 2.41. The molecule has 0 unspecified atom stereocenters. The molecule has 0 bridgehead atoms. The highest BCUT2D eigenvalue weighted by Gasteiger charge is 2.32. The smallest absolute Gasteiger partial charge is 0.446 e. The van der Waals surface area contributed by atoms with Gasteiger partial charge in [0, 0.05) is 10.5 Å². The van der Waals surface area contributed by atoms with Gasteiger partial charge in [-0.3, -0.25) is 4.79 Å². The third-order valence-electron chi connectivity index (χ3n) is 2.12. The number of halogens is 5. The minimum absolute atomic E-state index is 0.224. The molecule has 0 aliphatic carbocycles. The lowest BCUT2D eigenvalue weighted by Crippen LogP contribution is -2.06. The third kappa shape index (κ3) is 4.38. The SMILES string of the molecule is N#Cc1c(SC(F)(F)F)cc(CC(=O)O)cc1C(F)F. The van der Waals surface area contributed by atoms with E-state index in [1.807, 2.05) is 0 Å². The predicted molar refractivity (Wildman–Crippen MR) is 59.4 cm³/mol. The van der Waals surface area contributed by atoms with Crippen LogP contribution in [0.5, 0.6) is 0 Å². The number of carbonyl (C=O) groups is 1. The van der Waals surface area contributed by atoms with Crippen molar-refractivity contribution in [2.24, 2.45) is 0 Å². The quantitative estimate of drug-likeness (QED) is 0.680. The van der Waals surface area contributed by atoms with E-state index in [-0.39, 0.29) is 5.56 Å². The first-order valence-electron chi connectivity index (χ1n) is 4.96. The molecule has 0 radical (unpaired) electrons. The maximum atomic E-state index is 12.8. The summed E-state index contributed by atoms with van der Waals surface area (Å²) in [5, 5.41) is 17.3. The van der Waals surface area contributed by atoms with Gasteiger partial charge in [-0.25, -0.2) is 8.78 Å². The summed E-state index contributed by atoms with van der Waals surface area (Å²) in [6.45, 7) is 0. The molecule has 9 heteroatoms. The summed E-state index contributed by atoms with van der Waals surface area (Å²) in [5.74, 6) is -1.38. The third-order valence-corrected chi connectivity index (χ3v) is 2.89. The van der Waals surface area contributed by atoms with Gasteiger partial charge in [-0.2, -0.15) is 18.4 Å². The molecule has 0 aliphatic rings. The molecule has 0 amide bonds. The molecule has 1 rings (SSSR count). The van der Waals surface area contributed by atoms with Crippen LogP contribution in [0.15, 0.2) is 17.0 Å². The van der Waals surface area contributed by atoms with Crippen molar-refractivity contribution in [1.29, 1.82) is 5.26 Å². The zero-order valence-electron chi connectivity index (χ0n) is 9.54. The monoisotopic (exact) mass is 311 g/mol. The lowest BCUT2D eigenvalue weighted by atomic mass is 10.0. The van der Waals surface area contributed by atoms with Crippen molar-refractivity contribution in [3.63, 3.8) is 0 Å². The molecular formula is C11H6F5NO2S. The van der Waals surface area contributed by atoms with Crippen molar-refractivity contribution >= 4 is 17.7 Å². The fourth-order valence-corrected chi connectivity index (χ4v) is 2.20. The van der Waals surface area contributed by atoms with Crippen LogP contribution in [-0.4, -0.2) is 16.6 Å². The van der Waals surface area contributed by atoms with Crippen LogP contribution in [0.3, 0.4) is 0 Å². The van der Waals surface area contributed by atoms with Crippen molar-refractivity contribution in [1.82, 2.24) is 0 Å². The molecule has 0 aromatic heterocycles. The van der Waals surface area contributed by atoms with Gasteiger partial charge in [-0.05, 0) is 29.5 Å². The van der Waals surface area contributed by atoms with E-state index in [1.165, 1.54) is 6.07 Å². The van der Waals surface area contributed by atoms with Gasteiger partial charge in [-0.15, -0.1) is 0 Å². The fraction of sp³-hybridized carbons (Fsp3) is 0.273. The normalized spacial score (nSPS) is 11.4. The standard InChI is InChI=1S/C11H6F5NO2S/c12-10(13)6-1-5(3-9(18)19)2-8(7(6)4-17)20-11(14,15)16/h1-2,10H,3H2,(H,18,19). The van der Waals surface area contributed by atoms with Crippen LogP contribution in [0.4, 0.5) is 22.0 Å². The lowest BCUT2D eigenvalue weighted by molar-refractivity contribution is -0.136. The Bertz CT molecular complexity index is 565. The highest BCUT2D eigenvalue weighted by molar-refractivity contribution is 8.00. The molecule has 1 aromatic carbocycles. The summed E-state index contributed by atoms with van der Waals surface area (Å²) in [5.41, 5.74) is -6.69. The first kappa shape index (κ1) is 16.2. The van der Waals surface area contributed by atoms with Crippen LogP contribution >= 0.6 is 11.8 Å². The Labute approximate surface area is 114 Å². The van der Waals surface area contributed by atoms with Crippen molar-refractivity contribution in [3.8, 4) is 6.07 Å². The van der Waals surface area contributed by atoms with E-state index in [0.717, 1.165) is 12.1 Å². The summed E-state index contributed by atoms with van der Waals surface area (Å²) in [6.07, 6.45) is -3.89. The maximum Gasteiger partial charge on any atom is 0.446 e. The van der Waals surface area contributed by atoms with Gasteiger partial charge in [-0.1, -0.05) is 0 Å². The predicted octanol–water partition coefficient (Wildman–Crippen LogP) is 3.73. The molecule has 108 valence electrons. The van der Waals surface area contributed by atoms with Crippen molar-refractivity contribution in [2.45, 2.75) is 23.3 Å². The average molecular weight is 311 g/mol. The largest absolute Gasteiger partial charge is 0.481 e. The summed E-state index contributed by atoms with van der Waals surface area (Å²) in [4.78, 5) is 9.79. The van der Waals surface area contributed by atoms with Crippen LogP contribution < -0.4 is 0 Å². The van der Waals surface area contributed by atoms with Crippen LogP contribution in [-0.2, 0) is 11.2 Å². The fourth-order valence-electron chi connectivity index (χ4n) is 1.47. The number of benzene rings is 1. The zero-order valence-corrected chi connectivity index (χ0v) is 10.4. The first-order chi connectivity index (χ1) is 9.14. The maximum absolute atomic E-state index is 12.8. The van der Waals surface area contributed by atoms with Gasteiger partial charge in [0.15, 0.2) is 0 Å². The first-order valence-corrected chi connectivity index (χ1v) is 5.78. The Balaban J connectivity index is 3.41. The van der Waals surface area contributed by atoms with Gasteiger partial charge in [0.2, 0.25) is 0 Å². The average Bonchev–Trinajstić information content (AvgIpc) is 2.25. The van der Waals surface area contributed by atoms with Crippen molar-refractivity contribution in [3.05, 3.63) is 28.8 Å². The van der Waals surface area contributed by atoms with Gasteiger partial charge in [0.1, 0.15) is 6.07 Å². The zero-order chi connectivity index (χ0) is 15.5. The number of alkyl halides is 5. The Morgan fingerprint density at radius 3 is 2.40 bits per heavy atom. The summed E-state index contributed by atoms with van der Waals surface area (Å²) in [6, 6.07) is 2.82. The minimum Gasteiger partial charge on any atom is -0.481 e. The molecule has 0 heterocycles. The molecule has 1 aromatic rings. The van der Waals surface area contributed by atoms with E-state index in [0.29, 0.717) is 0 Å². The van der Waals surface area contributed by atoms with Crippen LogP contribution in [0.2, 0.25) is 0 Å². The number of thioether (sulfide) groups is 1. The number of hydrogen-bond donors (Lipinski definition) is 1. The second-order valence-electron chi connectivity index (χ2n) is 3.59. The summed E-state index contributed by atoms with van der Waals surface area (Å²) >= 11 is -0.724. The van der Waals surface area contributed by atoms with Crippen molar-refractivity contribution in [2.75, 3.05) is 0 Å². The molecule has 20 heavy (non-hydrogen) atoms. The molecule has 0 saturated heterocycles. The molecule has 0 fully saturated rings. The Morgan fingerprint density at radius 1 is 1.40 bits per heavy atom. The van der Waals surface area contributed by atoms with Gasteiger partial charge in [0.05, 0.1) is 12.0 Å². The van der Waals surface area contributed by atoms with Gasteiger partial charge in [0.25, 0.3) is 6.43 Å². The van der Waals surface area contributed by atoms with E-state index in [9.17, 15) is 26.7 Å². The number of nitrogens with zero attached hydrogens (tertiary/aromatic N) is 1. The second-order valence-corrected chi connectivity index (χ2v) is 4.70. The number of carboxylic acid groups (broad SMARTS) is 1. The van der Waals surface area contributed by atoms with Gasteiger partial charge < -0.3 is 5.11 Å². The minimum atomic E-state index is -4.77. The Kier molecular flexibility index (Phi) is 4.94. The van der Waals surface area contributed by atoms with Crippen molar-refractivity contribution < 1.29 is 31.9 Å². The van der Waals surface area contributed by atoms with Crippen LogP contribution in [0, 0.1) is 11.3 Å². The number of hydrogen-bond acceptors (Lipinski definition) is 3. The number of rotatable bonds is 4. The Morgan fingerprint density at radius 2 is 2.00 bits per heavy atom. The van der Waals surface area contributed by atoms with Gasteiger partial charge >= 0.3 is 11.5 Å². The van der Waals surface area contributed by atoms with E-state index >= 15 is 0 Å². The molecular weight excluding hydrogens is 305 g/mol. The number of nitriles is 1.